The highest BCUT2D eigenvalue weighted by Crippen LogP contribution is 2.55. The maximum absolute atomic E-state index is 12.6. The Bertz CT molecular complexity index is 456. The second-order valence-corrected chi connectivity index (χ2v) is 5.80. The Balaban J connectivity index is 1.71. The Hall–Kier alpha value is -1.10. The van der Waals surface area contributed by atoms with Gasteiger partial charge in [0.05, 0.1) is 0 Å². The van der Waals surface area contributed by atoms with Gasteiger partial charge < -0.3 is 5.32 Å². The standard InChI is InChI=1S/C14H17F3N2/c15-14(16,17)12-3-1-2-11(19-12)10-8-13(9-10)4-6-18-7-5-13/h1-3,10,18H,4-9H2. The molecule has 2 heterocycles. The first kappa shape index (κ1) is 12.9. The molecule has 1 aliphatic heterocycles. The van der Waals surface area contributed by atoms with Gasteiger partial charge in [0.2, 0.25) is 0 Å². The van der Waals surface area contributed by atoms with Crippen LogP contribution in [0.25, 0.3) is 0 Å². The van der Waals surface area contributed by atoms with Crippen LogP contribution in [-0.4, -0.2) is 18.1 Å². The van der Waals surface area contributed by atoms with Crippen molar-refractivity contribution in [2.24, 2.45) is 5.41 Å². The molecule has 2 fully saturated rings. The third kappa shape index (κ3) is 2.48. The maximum Gasteiger partial charge on any atom is 0.433 e. The summed E-state index contributed by atoms with van der Waals surface area (Å²) in [7, 11) is 0. The molecular weight excluding hydrogens is 253 g/mol. The van der Waals surface area contributed by atoms with Gasteiger partial charge in [0.15, 0.2) is 0 Å². The second-order valence-electron chi connectivity index (χ2n) is 5.80. The number of alkyl halides is 3. The predicted molar refractivity (Wildman–Crippen MR) is 65.8 cm³/mol. The smallest absolute Gasteiger partial charge is 0.317 e. The lowest BCUT2D eigenvalue weighted by molar-refractivity contribution is -0.141. The first-order valence-electron chi connectivity index (χ1n) is 6.73. The minimum absolute atomic E-state index is 0.209. The molecule has 0 amide bonds. The summed E-state index contributed by atoms with van der Waals surface area (Å²) in [5, 5.41) is 3.33. The van der Waals surface area contributed by atoms with E-state index < -0.39 is 11.9 Å². The average molecular weight is 270 g/mol. The minimum Gasteiger partial charge on any atom is -0.317 e. The van der Waals surface area contributed by atoms with Crippen molar-refractivity contribution in [3.63, 3.8) is 0 Å². The highest BCUT2D eigenvalue weighted by molar-refractivity contribution is 5.21. The summed E-state index contributed by atoms with van der Waals surface area (Å²) in [5.74, 6) is 0.209. The van der Waals surface area contributed by atoms with E-state index in [9.17, 15) is 13.2 Å². The van der Waals surface area contributed by atoms with Gasteiger partial charge in [-0.3, -0.25) is 0 Å². The molecule has 2 aliphatic rings. The number of hydrogen-bond acceptors (Lipinski definition) is 2. The zero-order chi connectivity index (χ0) is 13.5. The highest BCUT2D eigenvalue weighted by Gasteiger charge is 2.45. The van der Waals surface area contributed by atoms with Crippen molar-refractivity contribution in [2.75, 3.05) is 13.1 Å². The Morgan fingerprint density at radius 1 is 1.16 bits per heavy atom. The fourth-order valence-electron chi connectivity index (χ4n) is 3.40. The summed E-state index contributed by atoms with van der Waals surface area (Å²) >= 11 is 0. The predicted octanol–water partition coefficient (Wildman–Crippen LogP) is 3.35. The topological polar surface area (TPSA) is 24.9 Å². The van der Waals surface area contributed by atoms with Crippen LogP contribution in [0, 0.1) is 5.41 Å². The van der Waals surface area contributed by atoms with E-state index in [1.165, 1.54) is 6.07 Å². The lowest BCUT2D eigenvalue weighted by Gasteiger charge is -2.50. The first-order chi connectivity index (χ1) is 8.99. The third-order valence-corrected chi connectivity index (χ3v) is 4.50. The van der Waals surface area contributed by atoms with Crippen molar-refractivity contribution in [3.8, 4) is 0 Å². The highest BCUT2D eigenvalue weighted by atomic mass is 19.4. The summed E-state index contributed by atoms with van der Waals surface area (Å²) < 4.78 is 37.9. The van der Waals surface area contributed by atoms with E-state index in [-0.39, 0.29) is 5.92 Å². The Labute approximate surface area is 110 Å². The van der Waals surface area contributed by atoms with Gasteiger partial charge in [-0.2, -0.15) is 13.2 Å². The number of pyridine rings is 1. The fraction of sp³-hybridized carbons (Fsp3) is 0.643. The quantitative estimate of drug-likeness (QED) is 0.846. The molecule has 0 aromatic carbocycles. The molecule has 5 heteroatoms. The fourth-order valence-corrected chi connectivity index (χ4v) is 3.40. The van der Waals surface area contributed by atoms with Crippen LogP contribution in [0.4, 0.5) is 13.2 Å². The van der Waals surface area contributed by atoms with Gasteiger partial charge in [0.25, 0.3) is 0 Å². The Kier molecular flexibility index (Phi) is 3.04. The molecule has 104 valence electrons. The SMILES string of the molecule is FC(F)(F)c1cccc(C2CC3(CCNCC3)C2)n1. The van der Waals surface area contributed by atoms with Crippen LogP contribution in [0.2, 0.25) is 0 Å². The zero-order valence-electron chi connectivity index (χ0n) is 10.6. The molecule has 1 saturated heterocycles. The van der Waals surface area contributed by atoms with Gasteiger partial charge in [0.1, 0.15) is 5.69 Å². The molecule has 2 nitrogen and oxygen atoms in total. The molecule has 1 spiro atoms. The summed E-state index contributed by atoms with van der Waals surface area (Å²) in [4.78, 5) is 3.80. The van der Waals surface area contributed by atoms with E-state index in [4.69, 9.17) is 0 Å². The number of nitrogens with zero attached hydrogens (tertiary/aromatic N) is 1. The average Bonchev–Trinajstić information content (AvgIpc) is 2.36. The van der Waals surface area contributed by atoms with Crippen LogP contribution < -0.4 is 5.32 Å². The van der Waals surface area contributed by atoms with Crippen molar-refractivity contribution in [3.05, 3.63) is 29.6 Å². The monoisotopic (exact) mass is 270 g/mol. The van der Waals surface area contributed by atoms with E-state index in [0.29, 0.717) is 11.1 Å². The maximum atomic E-state index is 12.6. The molecule has 3 rings (SSSR count). The molecule has 0 unspecified atom stereocenters. The number of nitrogens with one attached hydrogen (secondary N) is 1. The number of rotatable bonds is 1. The van der Waals surface area contributed by atoms with Crippen molar-refractivity contribution < 1.29 is 13.2 Å². The van der Waals surface area contributed by atoms with Gasteiger partial charge >= 0.3 is 6.18 Å². The summed E-state index contributed by atoms with van der Waals surface area (Å²) in [6, 6.07) is 4.24. The van der Waals surface area contributed by atoms with Crippen LogP contribution in [0.15, 0.2) is 18.2 Å². The second kappa shape index (κ2) is 4.47. The van der Waals surface area contributed by atoms with E-state index in [1.807, 2.05) is 0 Å². The molecule has 19 heavy (non-hydrogen) atoms. The van der Waals surface area contributed by atoms with Crippen LogP contribution in [0.3, 0.4) is 0 Å². The van der Waals surface area contributed by atoms with E-state index >= 15 is 0 Å². The van der Waals surface area contributed by atoms with Gasteiger partial charge in [-0.25, -0.2) is 4.98 Å². The molecule has 0 bridgehead atoms. The molecule has 1 aromatic heterocycles. The number of piperidine rings is 1. The first-order valence-corrected chi connectivity index (χ1v) is 6.73. The van der Waals surface area contributed by atoms with Gasteiger partial charge in [-0.05, 0) is 56.3 Å². The number of aromatic nitrogens is 1. The largest absolute Gasteiger partial charge is 0.433 e. The van der Waals surface area contributed by atoms with Crippen LogP contribution in [0.1, 0.15) is 43.0 Å². The summed E-state index contributed by atoms with van der Waals surface area (Å²) in [6.07, 6.45) is -0.0803. The number of halogens is 3. The normalized spacial score (nSPS) is 23.3. The van der Waals surface area contributed by atoms with E-state index in [2.05, 4.69) is 10.3 Å². The van der Waals surface area contributed by atoms with Crippen LogP contribution >= 0.6 is 0 Å². The molecule has 1 saturated carbocycles. The summed E-state index contributed by atoms with van der Waals surface area (Å²) in [6.45, 7) is 2.06. The van der Waals surface area contributed by atoms with Gasteiger partial charge in [-0.15, -0.1) is 0 Å². The van der Waals surface area contributed by atoms with E-state index in [1.54, 1.807) is 6.07 Å². The molecule has 1 N–H and O–H groups in total. The third-order valence-electron chi connectivity index (χ3n) is 4.50. The van der Waals surface area contributed by atoms with Crippen molar-refractivity contribution in [1.82, 2.24) is 10.3 Å². The van der Waals surface area contributed by atoms with E-state index in [0.717, 1.165) is 44.8 Å². The van der Waals surface area contributed by atoms with Crippen molar-refractivity contribution in [1.29, 1.82) is 0 Å². The molecular formula is C14H17F3N2. The lowest BCUT2D eigenvalue weighted by Crippen LogP contribution is -2.44. The number of hydrogen-bond donors (Lipinski definition) is 1. The summed E-state index contributed by atoms with van der Waals surface area (Å²) in [5.41, 5.74) is 0.210. The van der Waals surface area contributed by atoms with Crippen LogP contribution in [0.5, 0.6) is 0 Å². The van der Waals surface area contributed by atoms with Crippen molar-refractivity contribution in [2.45, 2.75) is 37.8 Å². The van der Waals surface area contributed by atoms with Gasteiger partial charge in [-0.1, -0.05) is 6.07 Å². The molecule has 1 aliphatic carbocycles. The molecule has 1 aromatic rings. The van der Waals surface area contributed by atoms with Gasteiger partial charge in [0, 0.05) is 11.6 Å². The zero-order valence-corrected chi connectivity index (χ0v) is 10.6. The lowest BCUT2D eigenvalue weighted by atomic mass is 9.57. The molecule has 0 atom stereocenters. The van der Waals surface area contributed by atoms with Crippen LogP contribution in [-0.2, 0) is 6.18 Å². The van der Waals surface area contributed by atoms with Crippen molar-refractivity contribution >= 4 is 0 Å². The Morgan fingerprint density at radius 2 is 1.84 bits per heavy atom. The molecule has 0 radical (unpaired) electrons. The Morgan fingerprint density at radius 3 is 2.47 bits per heavy atom. The minimum atomic E-state index is -4.34.